The summed E-state index contributed by atoms with van der Waals surface area (Å²) in [5.74, 6) is -3.19. The maximum absolute atomic E-state index is 11.5. The van der Waals surface area contributed by atoms with Gasteiger partial charge in [-0.1, -0.05) is 0 Å². The molecule has 2 rings (SSSR count). The number of carbonyl (C=O) groups excluding carboxylic acids is 3. The molecule has 0 bridgehead atoms. The number of ether oxygens (including phenoxy) is 7. The first-order valence-electron chi connectivity index (χ1n) is 7.69. The lowest BCUT2D eigenvalue weighted by Crippen LogP contribution is -2.60. The van der Waals surface area contributed by atoms with Crippen molar-refractivity contribution < 1.29 is 47.5 Å². The first kappa shape index (κ1) is 19.6. The molecule has 2 aliphatic heterocycles. The molecule has 2 aliphatic rings. The van der Waals surface area contributed by atoms with Gasteiger partial charge in [0.05, 0.1) is 0 Å². The molecule has 142 valence electrons. The number of hydrogen-bond donors (Lipinski definition) is 0. The SMILES string of the molecule is CO[C@@]1(C)O[C@@H]2O[C@H](COC(C)=O)[C@@H](OC(C)=O)[C@H](OC(C)=O)[C@@H]2O1. The zero-order chi connectivity index (χ0) is 18.8. The first-order chi connectivity index (χ1) is 11.6. The summed E-state index contributed by atoms with van der Waals surface area (Å²) in [6.07, 6.45) is -4.86. The van der Waals surface area contributed by atoms with Crippen LogP contribution >= 0.6 is 0 Å². The average Bonchev–Trinajstić information content (AvgIpc) is 2.84. The van der Waals surface area contributed by atoms with Crippen molar-refractivity contribution in [2.75, 3.05) is 13.7 Å². The maximum atomic E-state index is 11.5. The van der Waals surface area contributed by atoms with Crippen molar-refractivity contribution in [3.63, 3.8) is 0 Å². The molecule has 0 N–H and O–H groups in total. The summed E-state index contributed by atoms with van der Waals surface area (Å²) < 4.78 is 37.6. The van der Waals surface area contributed by atoms with Gasteiger partial charge in [-0.25, -0.2) is 0 Å². The molecule has 2 saturated heterocycles. The van der Waals surface area contributed by atoms with Gasteiger partial charge in [-0.2, -0.15) is 0 Å². The van der Waals surface area contributed by atoms with E-state index in [0.717, 1.165) is 0 Å². The molecule has 0 radical (unpaired) electrons. The summed E-state index contributed by atoms with van der Waals surface area (Å²) in [5, 5.41) is 0. The van der Waals surface area contributed by atoms with Crippen LogP contribution in [0.25, 0.3) is 0 Å². The van der Waals surface area contributed by atoms with Crippen LogP contribution in [0.15, 0.2) is 0 Å². The van der Waals surface area contributed by atoms with Crippen molar-refractivity contribution in [3.05, 3.63) is 0 Å². The van der Waals surface area contributed by atoms with Crippen molar-refractivity contribution in [1.82, 2.24) is 0 Å². The fourth-order valence-corrected chi connectivity index (χ4v) is 2.67. The number of fused-ring (bicyclic) bond motifs is 1. The third-order valence-corrected chi connectivity index (χ3v) is 3.70. The van der Waals surface area contributed by atoms with Gasteiger partial charge in [-0.15, -0.1) is 0 Å². The highest BCUT2D eigenvalue weighted by Crippen LogP contribution is 2.39. The summed E-state index contributed by atoms with van der Waals surface area (Å²) in [4.78, 5) is 34.1. The Morgan fingerprint density at radius 1 is 0.960 bits per heavy atom. The summed E-state index contributed by atoms with van der Waals surface area (Å²) in [6.45, 7) is 4.93. The predicted octanol–water partition coefficient (Wildman–Crippen LogP) is -0.127. The molecule has 0 aromatic rings. The second-order valence-corrected chi connectivity index (χ2v) is 5.76. The minimum atomic E-state index is -1.43. The van der Waals surface area contributed by atoms with E-state index in [1.54, 1.807) is 0 Å². The van der Waals surface area contributed by atoms with Crippen LogP contribution in [-0.2, 0) is 47.5 Å². The lowest BCUT2D eigenvalue weighted by molar-refractivity contribution is -0.334. The van der Waals surface area contributed by atoms with Crippen molar-refractivity contribution in [3.8, 4) is 0 Å². The van der Waals surface area contributed by atoms with Crippen molar-refractivity contribution in [2.24, 2.45) is 0 Å². The number of hydrogen-bond acceptors (Lipinski definition) is 10. The van der Waals surface area contributed by atoms with Crippen LogP contribution in [0.3, 0.4) is 0 Å². The highest BCUT2D eigenvalue weighted by atomic mass is 16.9. The van der Waals surface area contributed by atoms with Gasteiger partial charge >= 0.3 is 17.9 Å². The van der Waals surface area contributed by atoms with E-state index in [-0.39, 0.29) is 6.61 Å². The van der Waals surface area contributed by atoms with Crippen LogP contribution in [0.2, 0.25) is 0 Å². The Hall–Kier alpha value is -1.75. The topological polar surface area (TPSA) is 116 Å². The third kappa shape index (κ3) is 4.66. The van der Waals surface area contributed by atoms with Gasteiger partial charge < -0.3 is 28.4 Å². The monoisotopic (exact) mass is 362 g/mol. The number of carbonyl (C=O) groups is 3. The highest BCUT2D eigenvalue weighted by molar-refractivity contribution is 5.67. The number of esters is 3. The van der Waals surface area contributed by atoms with Crippen LogP contribution in [-0.4, -0.2) is 68.3 Å². The van der Waals surface area contributed by atoms with E-state index >= 15 is 0 Å². The minimum absolute atomic E-state index is 0.221. The van der Waals surface area contributed by atoms with Crippen LogP contribution in [0.1, 0.15) is 27.7 Å². The van der Waals surface area contributed by atoms with E-state index in [2.05, 4.69) is 0 Å². The first-order valence-corrected chi connectivity index (χ1v) is 7.69. The van der Waals surface area contributed by atoms with E-state index < -0.39 is 54.6 Å². The van der Waals surface area contributed by atoms with Crippen molar-refractivity contribution in [2.45, 2.75) is 64.4 Å². The van der Waals surface area contributed by atoms with Gasteiger partial charge in [-0.3, -0.25) is 19.1 Å². The zero-order valence-electron chi connectivity index (χ0n) is 14.7. The summed E-state index contributed by atoms with van der Waals surface area (Å²) in [5.41, 5.74) is 0. The third-order valence-electron chi connectivity index (χ3n) is 3.70. The standard InChI is InChI=1S/C15H22O10/c1-7(16)20-6-10-11(21-8(2)17)12(22-9(3)18)13-14(23-10)25-15(4,19-5)24-13/h10-14H,6H2,1-5H3/t10-,11-,12+,13+,14+,15-/m1/s1. The van der Waals surface area contributed by atoms with Crippen LogP contribution < -0.4 is 0 Å². The fraction of sp³-hybridized carbons (Fsp3) is 0.800. The molecule has 0 aromatic carbocycles. The molecule has 2 heterocycles. The molecule has 0 spiro atoms. The number of rotatable bonds is 5. The van der Waals surface area contributed by atoms with E-state index in [1.807, 2.05) is 0 Å². The van der Waals surface area contributed by atoms with E-state index in [0.29, 0.717) is 0 Å². The largest absolute Gasteiger partial charge is 0.463 e. The molecule has 0 aromatic heterocycles. The average molecular weight is 362 g/mol. The summed E-state index contributed by atoms with van der Waals surface area (Å²) in [6, 6.07) is 0. The zero-order valence-corrected chi connectivity index (χ0v) is 14.7. The molecular formula is C15H22O10. The van der Waals surface area contributed by atoms with Crippen LogP contribution in [0.5, 0.6) is 0 Å². The molecule has 2 fully saturated rings. The lowest BCUT2D eigenvalue weighted by atomic mass is 9.98. The Labute approximate surface area is 144 Å². The molecular weight excluding hydrogens is 340 g/mol. The Morgan fingerprint density at radius 3 is 2.08 bits per heavy atom. The Bertz CT molecular complexity index is 534. The van der Waals surface area contributed by atoms with Crippen molar-refractivity contribution >= 4 is 17.9 Å². The van der Waals surface area contributed by atoms with Crippen LogP contribution in [0, 0.1) is 0 Å². The molecule has 0 saturated carbocycles. The van der Waals surface area contributed by atoms with Gasteiger partial charge in [0.25, 0.3) is 5.97 Å². The quantitative estimate of drug-likeness (QED) is 0.484. The predicted molar refractivity (Wildman–Crippen MR) is 77.8 cm³/mol. The molecule has 0 unspecified atom stereocenters. The Balaban J connectivity index is 2.29. The van der Waals surface area contributed by atoms with Gasteiger partial charge in [0, 0.05) is 34.8 Å². The van der Waals surface area contributed by atoms with E-state index in [1.165, 1.54) is 34.8 Å². The summed E-state index contributed by atoms with van der Waals surface area (Å²) in [7, 11) is 1.37. The van der Waals surface area contributed by atoms with E-state index in [9.17, 15) is 14.4 Å². The normalized spacial score (nSPS) is 37.1. The van der Waals surface area contributed by atoms with Crippen molar-refractivity contribution in [1.29, 1.82) is 0 Å². The molecule has 25 heavy (non-hydrogen) atoms. The van der Waals surface area contributed by atoms with Gasteiger partial charge in [0.2, 0.25) is 0 Å². The lowest BCUT2D eigenvalue weighted by Gasteiger charge is -2.40. The fourth-order valence-electron chi connectivity index (χ4n) is 2.67. The second kappa shape index (κ2) is 7.65. The molecule has 10 heteroatoms. The molecule has 6 atom stereocenters. The van der Waals surface area contributed by atoms with Gasteiger partial charge in [-0.05, 0) is 0 Å². The molecule has 10 nitrogen and oxygen atoms in total. The molecule has 0 amide bonds. The maximum Gasteiger partial charge on any atom is 0.303 e. The Kier molecular flexibility index (Phi) is 5.99. The minimum Gasteiger partial charge on any atom is -0.463 e. The van der Waals surface area contributed by atoms with Gasteiger partial charge in [0.1, 0.15) is 12.7 Å². The molecule has 0 aliphatic carbocycles. The van der Waals surface area contributed by atoms with E-state index in [4.69, 9.17) is 33.2 Å². The Morgan fingerprint density at radius 2 is 1.56 bits per heavy atom. The second-order valence-electron chi connectivity index (χ2n) is 5.76. The number of methoxy groups -OCH3 is 1. The van der Waals surface area contributed by atoms with Gasteiger partial charge in [0.15, 0.2) is 24.6 Å². The smallest absolute Gasteiger partial charge is 0.303 e. The summed E-state index contributed by atoms with van der Waals surface area (Å²) >= 11 is 0. The van der Waals surface area contributed by atoms with Crippen LogP contribution in [0.4, 0.5) is 0 Å². The highest BCUT2D eigenvalue weighted by Gasteiger charge is 2.59.